The van der Waals surface area contributed by atoms with E-state index < -0.39 is 0 Å². The molecule has 0 radical (unpaired) electrons. The minimum atomic E-state index is -0.120. The minimum Gasteiger partial charge on any atom is -0.393 e. The van der Waals surface area contributed by atoms with Crippen molar-refractivity contribution in [2.45, 2.75) is 44.9 Å². The van der Waals surface area contributed by atoms with Crippen molar-refractivity contribution in [1.29, 1.82) is 0 Å². The summed E-state index contributed by atoms with van der Waals surface area (Å²) in [6, 6.07) is 4.79. The molecular formula is C13H22N2OS. The van der Waals surface area contributed by atoms with E-state index in [4.69, 9.17) is 5.73 Å². The number of aliphatic hydroxyl groups is 1. The lowest BCUT2D eigenvalue weighted by Crippen LogP contribution is -2.44. The minimum absolute atomic E-state index is 0.120. The summed E-state index contributed by atoms with van der Waals surface area (Å²) >= 11 is 1.83. The highest BCUT2D eigenvalue weighted by Gasteiger charge is 2.28. The first-order chi connectivity index (χ1) is 8.08. The van der Waals surface area contributed by atoms with E-state index in [-0.39, 0.29) is 12.1 Å². The maximum absolute atomic E-state index is 9.57. The number of piperidine rings is 1. The molecule has 0 bridgehead atoms. The van der Waals surface area contributed by atoms with Crippen LogP contribution in [0.15, 0.2) is 12.1 Å². The molecule has 1 aliphatic rings. The Kier molecular flexibility index (Phi) is 4.20. The molecule has 96 valence electrons. The maximum Gasteiger partial charge on any atom is 0.0590 e. The van der Waals surface area contributed by atoms with Gasteiger partial charge in [0.05, 0.1) is 12.1 Å². The molecule has 0 amide bonds. The Morgan fingerprint density at radius 2 is 2.06 bits per heavy atom. The van der Waals surface area contributed by atoms with Crippen LogP contribution in [-0.2, 0) is 0 Å². The van der Waals surface area contributed by atoms with Gasteiger partial charge in [-0.05, 0) is 38.8 Å². The summed E-state index contributed by atoms with van der Waals surface area (Å²) < 4.78 is 0. The number of nitrogens with zero attached hydrogens (tertiary/aromatic N) is 1. The number of aliphatic hydroxyl groups excluding tert-OH is 1. The van der Waals surface area contributed by atoms with Crippen LogP contribution in [0.3, 0.4) is 0 Å². The molecule has 1 aliphatic heterocycles. The van der Waals surface area contributed by atoms with Crippen LogP contribution in [0.2, 0.25) is 0 Å². The monoisotopic (exact) mass is 254 g/mol. The van der Waals surface area contributed by atoms with Crippen molar-refractivity contribution in [2.24, 2.45) is 5.73 Å². The van der Waals surface area contributed by atoms with Crippen molar-refractivity contribution < 1.29 is 5.11 Å². The number of hydrogen-bond donors (Lipinski definition) is 2. The molecule has 1 saturated heterocycles. The number of rotatable bonds is 3. The Balaban J connectivity index is 2.12. The van der Waals surface area contributed by atoms with Crippen molar-refractivity contribution in [3.8, 4) is 0 Å². The largest absolute Gasteiger partial charge is 0.393 e. The molecule has 3 N–H and O–H groups in total. The summed E-state index contributed by atoms with van der Waals surface area (Å²) in [6.07, 6.45) is 1.62. The number of hydrogen-bond acceptors (Lipinski definition) is 4. The molecule has 2 rings (SSSR count). The molecule has 4 heteroatoms. The van der Waals surface area contributed by atoms with Gasteiger partial charge in [0, 0.05) is 28.9 Å². The Hall–Kier alpha value is -0.420. The van der Waals surface area contributed by atoms with Gasteiger partial charge in [-0.25, -0.2) is 0 Å². The highest BCUT2D eigenvalue weighted by atomic mass is 32.1. The average molecular weight is 254 g/mol. The van der Waals surface area contributed by atoms with Gasteiger partial charge >= 0.3 is 0 Å². The third-order valence-corrected chi connectivity index (χ3v) is 4.51. The van der Waals surface area contributed by atoms with Gasteiger partial charge in [0.25, 0.3) is 0 Å². The lowest BCUT2D eigenvalue weighted by atomic mass is 10.0. The predicted octanol–water partition coefficient (Wildman–Crippen LogP) is 1.90. The van der Waals surface area contributed by atoms with E-state index in [9.17, 15) is 5.11 Å². The first-order valence-electron chi connectivity index (χ1n) is 6.32. The summed E-state index contributed by atoms with van der Waals surface area (Å²) in [4.78, 5) is 5.11. The Labute approximate surface area is 107 Å². The molecule has 2 heterocycles. The van der Waals surface area contributed by atoms with Gasteiger partial charge in [-0.1, -0.05) is 0 Å². The molecule has 0 spiro atoms. The van der Waals surface area contributed by atoms with E-state index in [1.807, 2.05) is 11.3 Å². The predicted molar refractivity (Wildman–Crippen MR) is 72.3 cm³/mol. The fourth-order valence-corrected chi connectivity index (χ4v) is 3.68. The van der Waals surface area contributed by atoms with Crippen LogP contribution in [0.25, 0.3) is 0 Å². The summed E-state index contributed by atoms with van der Waals surface area (Å²) in [7, 11) is 0. The highest BCUT2D eigenvalue weighted by molar-refractivity contribution is 7.12. The van der Waals surface area contributed by atoms with Crippen molar-refractivity contribution in [1.82, 2.24) is 4.90 Å². The molecule has 0 saturated carbocycles. The van der Waals surface area contributed by atoms with Gasteiger partial charge in [0.2, 0.25) is 0 Å². The van der Waals surface area contributed by atoms with Crippen LogP contribution in [0.5, 0.6) is 0 Å². The first-order valence-corrected chi connectivity index (χ1v) is 7.13. The molecule has 1 aromatic heterocycles. The van der Waals surface area contributed by atoms with Gasteiger partial charge in [0.1, 0.15) is 0 Å². The van der Waals surface area contributed by atoms with Crippen LogP contribution in [-0.4, -0.2) is 35.2 Å². The van der Waals surface area contributed by atoms with E-state index in [0.29, 0.717) is 6.04 Å². The first kappa shape index (κ1) is 13.0. The second-order valence-electron chi connectivity index (χ2n) is 5.02. The number of thiophene rings is 1. The number of aryl methyl sites for hydroxylation is 1. The third-order valence-electron chi connectivity index (χ3n) is 3.44. The molecule has 2 unspecified atom stereocenters. The summed E-state index contributed by atoms with van der Waals surface area (Å²) in [6.45, 7) is 6.10. The second-order valence-corrected chi connectivity index (χ2v) is 6.34. The van der Waals surface area contributed by atoms with Crippen LogP contribution < -0.4 is 5.73 Å². The standard InChI is InChI=1S/C13H22N2OS/c1-9-3-4-12(17-9)13(10(2)14)15-7-5-11(16)6-8-15/h3-4,10-11,13,16H,5-8,14H2,1-2H3. The smallest absolute Gasteiger partial charge is 0.0590 e. The highest BCUT2D eigenvalue weighted by Crippen LogP contribution is 2.31. The normalized spacial score (nSPS) is 22.6. The SMILES string of the molecule is Cc1ccc(C(C(C)N)N2CCC(O)CC2)s1. The quantitative estimate of drug-likeness (QED) is 0.866. The molecule has 1 aromatic rings. The van der Waals surface area contributed by atoms with Crippen molar-refractivity contribution in [2.75, 3.05) is 13.1 Å². The van der Waals surface area contributed by atoms with Gasteiger partial charge in [-0.15, -0.1) is 11.3 Å². The van der Waals surface area contributed by atoms with Gasteiger partial charge in [-0.3, -0.25) is 4.90 Å². The zero-order chi connectivity index (χ0) is 12.4. The fraction of sp³-hybridized carbons (Fsp3) is 0.692. The molecule has 17 heavy (non-hydrogen) atoms. The lowest BCUT2D eigenvalue weighted by molar-refractivity contribution is 0.0558. The van der Waals surface area contributed by atoms with E-state index in [2.05, 4.69) is 30.9 Å². The van der Waals surface area contributed by atoms with Crippen LogP contribution in [0.4, 0.5) is 0 Å². The second kappa shape index (κ2) is 5.48. The zero-order valence-electron chi connectivity index (χ0n) is 10.6. The Morgan fingerprint density at radius 1 is 1.41 bits per heavy atom. The maximum atomic E-state index is 9.57. The molecule has 2 atom stereocenters. The Morgan fingerprint density at radius 3 is 2.53 bits per heavy atom. The number of nitrogens with two attached hydrogens (primary N) is 1. The summed E-state index contributed by atoms with van der Waals surface area (Å²) in [5, 5.41) is 9.57. The van der Waals surface area contributed by atoms with Crippen molar-refractivity contribution in [3.63, 3.8) is 0 Å². The lowest BCUT2D eigenvalue weighted by Gasteiger charge is -2.37. The van der Waals surface area contributed by atoms with Gasteiger partial charge in [-0.2, -0.15) is 0 Å². The van der Waals surface area contributed by atoms with Crippen LogP contribution in [0, 0.1) is 6.92 Å². The third kappa shape index (κ3) is 3.07. The van der Waals surface area contributed by atoms with E-state index in [0.717, 1.165) is 25.9 Å². The van der Waals surface area contributed by atoms with Crippen LogP contribution >= 0.6 is 11.3 Å². The zero-order valence-corrected chi connectivity index (χ0v) is 11.4. The Bertz CT molecular complexity index is 356. The van der Waals surface area contributed by atoms with Crippen molar-refractivity contribution >= 4 is 11.3 Å². The topological polar surface area (TPSA) is 49.5 Å². The molecule has 1 fully saturated rings. The van der Waals surface area contributed by atoms with E-state index in [1.165, 1.54) is 9.75 Å². The molecule has 0 aromatic carbocycles. The van der Waals surface area contributed by atoms with Crippen LogP contribution in [0.1, 0.15) is 35.6 Å². The molecule has 3 nitrogen and oxygen atoms in total. The van der Waals surface area contributed by atoms with Gasteiger partial charge < -0.3 is 10.8 Å². The fourth-order valence-electron chi connectivity index (χ4n) is 2.55. The van der Waals surface area contributed by atoms with Crippen molar-refractivity contribution in [3.05, 3.63) is 21.9 Å². The summed E-state index contributed by atoms with van der Waals surface area (Å²) in [5.74, 6) is 0. The average Bonchev–Trinajstić information content (AvgIpc) is 2.68. The molecule has 0 aliphatic carbocycles. The van der Waals surface area contributed by atoms with E-state index in [1.54, 1.807) is 0 Å². The molecular weight excluding hydrogens is 232 g/mol. The van der Waals surface area contributed by atoms with E-state index >= 15 is 0 Å². The summed E-state index contributed by atoms with van der Waals surface area (Å²) in [5.41, 5.74) is 6.15. The van der Waals surface area contributed by atoms with Gasteiger partial charge in [0.15, 0.2) is 0 Å². The number of likely N-dealkylation sites (tertiary alicyclic amines) is 1.